The monoisotopic (exact) mass is 387 g/mol. The van der Waals surface area contributed by atoms with Crippen LogP contribution in [0, 0.1) is 0 Å². The van der Waals surface area contributed by atoms with E-state index in [9.17, 15) is 4.79 Å². The van der Waals surface area contributed by atoms with Crippen molar-refractivity contribution in [2.45, 2.75) is 37.8 Å². The number of amides is 1. The summed E-state index contributed by atoms with van der Waals surface area (Å²) in [6.45, 7) is 0. The van der Waals surface area contributed by atoms with Gasteiger partial charge in [0.25, 0.3) is 11.8 Å². The summed E-state index contributed by atoms with van der Waals surface area (Å²) in [4.78, 5) is 20.4. The highest BCUT2D eigenvalue weighted by atomic mass is 35.5. The number of aromatic nitrogens is 2. The number of rotatable bonds is 6. The lowest BCUT2D eigenvalue weighted by atomic mass is 9.93. The molecule has 0 atom stereocenters. The van der Waals surface area contributed by atoms with Gasteiger partial charge in [0.15, 0.2) is 0 Å². The van der Waals surface area contributed by atoms with Crippen molar-refractivity contribution in [3.8, 4) is 11.8 Å². The van der Waals surface area contributed by atoms with Crippen LogP contribution in [0.2, 0.25) is 5.02 Å². The summed E-state index contributed by atoms with van der Waals surface area (Å²) in [5.74, 6) is 0.712. The van der Waals surface area contributed by atoms with Crippen molar-refractivity contribution in [2.24, 2.45) is 0 Å². The second-order valence-electron chi connectivity index (χ2n) is 6.36. The average molecular weight is 388 g/mol. The second-order valence-corrected chi connectivity index (χ2v) is 6.79. The van der Waals surface area contributed by atoms with E-state index in [1.165, 1.54) is 0 Å². The van der Waals surface area contributed by atoms with Crippen LogP contribution in [0.25, 0.3) is 6.08 Å². The predicted molar refractivity (Wildman–Crippen MR) is 104 cm³/mol. The van der Waals surface area contributed by atoms with Gasteiger partial charge in [0.1, 0.15) is 6.10 Å². The Balaban J connectivity index is 1.45. The molecule has 0 unspecified atom stereocenters. The number of ether oxygens (including phenoxy) is 2. The molecule has 0 aliphatic heterocycles. The largest absolute Gasteiger partial charge is 0.477 e. The number of hydrogen-bond donors (Lipinski definition) is 1. The van der Waals surface area contributed by atoms with Crippen molar-refractivity contribution >= 4 is 23.6 Å². The molecule has 3 rings (SSSR count). The summed E-state index contributed by atoms with van der Waals surface area (Å²) in [5, 5.41) is 3.72. The van der Waals surface area contributed by atoms with E-state index < -0.39 is 0 Å². The standard InChI is InChI=1S/C20H22ClN3O3/c1-26-19-20(23-13-12-22-19)27-17-9-7-16(8-10-17)24-18(25)11-4-14-2-5-15(21)6-3-14/h2-6,11-13,16-17H,7-10H2,1H3,(H,24,25)/b11-4+. The highest BCUT2D eigenvalue weighted by molar-refractivity contribution is 6.30. The third-order valence-corrected chi connectivity index (χ3v) is 4.67. The average Bonchev–Trinajstić information content (AvgIpc) is 2.69. The molecule has 0 bridgehead atoms. The van der Waals surface area contributed by atoms with Gasteiger partial charge in [-0.3, -0.25) is 4.79 Å². The molecule has 1 aromatic carbocycles. The van der Waals surface area contributed by atoms with E-state index >= 15 is 0 Å². The molecule has 142 valence electrons. The Hall–Kier alpha value is -2.60. The molecule has 1 aliphatic carbocycles. The minimum atomic E-state index is -0.0927. The van der Waals surface area contributed by atoms with Crippen molar-refractivity contribution in [3.63, 3.8) is 0 Å². The van der Waals surface area contributed by atoms with Gasteiger partial charge in [-0.05, 0) is 49.5 Å². The first-order valence-electron chi connectivity index (χ1n) is 8.90. The lowest BCUT2D eigenvalue weighted by molar-refractivity contribution is -0.117. The van der Waals surface area contributed by atoms with E-state index in [0.717, 1.165) is 31.2 Å². The van der Waals surface area contributed by atoms with E-state index in [1.807, 2.05) is 12.1 Å². The fraction of sp³-hybridized carbons (Fsp3) is 0.350. The molecular weight excluding hydrogens is 366 g/mol. The molecule has 0 spiro atoms. The van der Waals surface area contributed by atoms with Gasteiger partial charge in [0, 0.05) is 29.5 Å². The summed E-state index contributed by atoms with van der Waals surface area (Å²) in [7, 11) is 1.54. The first-order chi connectivity index (χ1) is 13.1. The fourth-order valence-electron chi connectivity index (χ4n) is 3.01. The van der Waals surface area contributed by atoms with Crippen LogP contribution in [-0.2, 0) is 4.79 Å². The zero-order valence-corrected chi connectivity index (χ0v) is 15.9. The van der Waals surface area contributed by atoms with Gasteiger partial charge in [0.05, 0.1) is 7.11 Å². The van der Waals surface area contributed by atoms with Gasteiger partial charge in [-0.25, -0.2) is 9.97 Å². The maximum absolute atomic E-state index is 12.1. The van der Waals surface area contributed by atoms with E-state index in [4.69, 9.17) is 21.1 Å². The third-order valence-electron chi connectivity index (χ3n) is 4.42. The van der Waals surface area contributed by atoms with Crippen LogP contribution >= 0.6 is 11.6 Å². The Morgan fingerprint density at radius 1 is 1.11 bits per heavy atom. The van der Waals surface area contributed by atoms with Crippen LogP contribution in [-0.4, -0.2) is 35.1 Å². The number of methoxy groups -OCH3 is 1. The normalized spacial score (nSPS) is 19.6. The van der Waals surface area contributed by atoms with E-state index in [-0.39, 0.29) is 18.1 Å². The molecule has 6 nitrogen and oxygen atoms in total. The van der Waals surface area contributed by atoms with Crippen LogP contribution in [0.1, 0.15) is 31.2 Å². The third kappa shape index (κ3) is 5.69. The van der Waals surface area contributed by atoms with E-state index in [2.05, 4.69) is 15.3 Å². The lowest BCUT2D eigenvalue weighted by Crippen LogP contribution is -2.39. The lowest BCUT2D eigenvalue weighted by Gasteiger charge is -2.29. The maximum atomic E-state index is 12.1. The Bertz CT molecular complexity index is 787. The molecule has 1 N–H and O–H groups in total. The van der Waals surface area contributed by atoms with Crippen molar-refractivity contribution in [2.75, 3.05) is 7.11 Å². The molecule has 1 aromatic heterocycles. The zero-order chi connectivity index (χ0) is 19.1. The quantitative estimate of drug-likeness (QED) is 0.766. The highest BCUT2D eigenvalue weighted by Crippen LogP contribution is 2.27. The zero-order valence-electron chi connectivity index (χ0n) is 15.1. The summed E-state index contributed by atoms with van der Waals surface area (Å²) >= 11 is 5.85. The number of nitrogens with zero attached hydrogens (tertiary/aromatic N) is 2. The smallest absolute Gasteiger partial charge is 0.278 e. The number of carbonyl (C=O) groups is 1. The molecule has 1 heterocycles. The number of nitrogens with one attached hydrogen (secondary N) is 1. The SMILES string of the molecule is COc1nccnc1OC1CCC(NC(=O)/C=C/c2ccc(Cl)cc2)CC1. The van der Waals surface area contributed by atoms with Gasteiger partial charge >= 0.3 is 0 Å². The summed E-state index contributed by atoms with van der Waals surface area (Å²) in [5.41, 5.74) is 0.935. The molecule has 1 saturated carbocycles. The molecule has 1 aliphatic rings. The fourth-order valence-corrected chi connectivity index (χ4v) is 3.14. The van der Waals surface area contributed by atoms with Crippen LogP contribution in [0.4, 0.5) is 0 Å². The second kappa shape index (κ2) is 9.37. The Morgan fingerprint density at radius 3 is 2.44 bits per heavy atom. The molecule has 0 saturated heterocycles. The molecular formula is C20H22ClN3O3. The van der Waals surface area contributed by atoms with Gasteiger partial charge in [-0.1, -0.05) is 23.7 Å². The Labute approximate surface area is 163 Å². The van der Waals surface area contributed by atoms with Crippen molar-refractivity contribution < 1.29 is 14.3 Å². The Kier molecular flexibility index (Phi) is 6.65. The first-order valence-corrected chi connectivity index (χ1v) is 9.27. The summed E-state index contributed by atoms with van der Waals surface area (Å²) < 4.78 is 11.1. The van der Waals surface area contributed by atoms with Crippen LogP contribution in [0.15, 0.2) is 42.7 Å². The van der Waals surface area contributed by atoms with E-state index in [0.29, 0.717) is 16.8 Å². The summed E-state index contributed by atoms with van der Waals surface area (Å²) in [6.07, 6.45) is 9.91. The van der Waals surface area contributed by atoms with Crippen LogP contribution in [0.3, 0.4) is 0 Å². The maximum Gasteiger partial charge on any atom is 0.278 e. The summed E-state index contributed by atoms with van der Waals surface area (Å²) in [6, 6.07) is 7.49. The van der Waals surface area contributed by atoms with Crippen molar-refractivity contribution in [3.05, 3.63) is 53.3 Å². The van der Waals surface area contributed by atoms with Crippen molar-refractivity contribution in [1.82, 2.24) is 15.3 Å². The molecule has 27 heavy (non-hydrogen) atoms. The van der Waals surface area contributed by atoms with Gasteiger partial charge in [-0.2, -0.15) is 0 Å². The number of halogens is 1. The topological polar surface area (TPSA) is 73.3 Å². The first kappa shape index (κ1) is 19.2. The number of carbonyl (C=O) groups excluding carboxylic acids is 1. The van der Waals surface area contributed by atoms with Crippen molar-refractivity contribution in [1.29, 1.82) is 0 Å². The molecule has 2 aromatic rings. The number of hydrogen-bond acceptors (Lipinski definition) is 5. The van der Waals surface area contributed by atoms with E-state index in [1.54, 1.807) is 43.8 Å². The highest BCUT2D eigenvalue weighted by Gasteiger charge is 2.24. The van der Waals surface area contributed by atoms with Crippen LogP contribution in [0.5, 0.6) is 11.8 Å². The molecule has 1 amide bonds. The van der Waals surface area contributed by atoms with Gasteiger partial charge in [-0.15, -0.1) is 0 Å². The number of benzene rings is 1. The van der Waals surface area contributed by atoms with Gasteiger partial charge in [0.2, 0.25) is 5.91 Å². The molecule has 1 fully saturated rings. The Morgan fingerprint density at radius 2 is 1.78 bits per heavy atom. The van der Waals surface area contributed by atoms with Crippen LogP contribution < -0.4 is 14.8 Å². The minimum Gasteiger partial charge on any atom is -0.477 e. The predicted octanol–water partition coefficient (Wildman–Crippen LogP) is 3.66. The molecule has 0 radical (unpaired) electrons. The van der Waals surface area contributed by atoms with Gasteiger partial charge < -0.3 is 14.8 Å². The minimum absolute atomic E-state index is 0.0494. The molecule has 7 heteroatoms.